The SMILES string of the molecule is Cc1cc2c(c3c1[C@@H](CCl)OC3=O)CC(C)(C)[C@@H]2O. The molecule has 4 heteroatoms. The van der Waals surface area contributed by atoms with Crippen LogP contribution in [0.3, 0.4) is 0 Å². The fourth-order valence-electron chi connectivity index (χ4n) is 3.31. The van der Waals surface area contributed by atoms with E-state index in [1.165, 1.54) is 0 Å². The fraction of sp³-hybridized carbons (Fsp3) is 0.533. The van der Waals surface area contributed by atoms with Crippen molar-refractivity contribution in [2.45, 2.75) is 39.4 Å². The highest BCUT2D eigenvalue weighted by molar-refractivity contribution is 6.18. The third kappa shape index (κ3) is 1.65. The molecular weight excluding hydrogens is 264 g/mol. The zero-order chi connectivity index (χ0) is 13.9. The summed E-state index contributed by atoms with van der Waals surface area (Å²) < 4.78 is 5.34. The first kappa shape index (κ1) is 12.9. The van der Waals surface area contributed by atoms with E-state index in [0.717, 1.165) is 22.3 Å². The summed E-state index contributed by atoms with van der Waals surface area (Å²) in [6.45, 7) is 5.97. The van der Waals surface area contributed by atoms with Crippen LogP contribution >= 0.6 is 11.6 Å². The van der Waals surface area contributed by atoms with Gasteiger partial charge in [0.1, 0.15) is 6.10 Å². The number of benzene rings is 1. The molecule has 1 N–H and O–H groups in total. The van der Waals surface area contributed by atoms with Gasteiger partial charge in [-0.25, -0.2) is 4.79 Å². The third-order valence-corrected chi connectivity index (χ3v) is 4.58. The number of aliphatic hydroxyl groups is 1. The first-order chi connectivity index (χ1) is 8.86. The van der Waals surface area contributed by atoms with Crippen LogP contribution in [0.15, 0.2) is 6.07 Å². The molecule has 0 amide bonds. The van der Waals surface area contributed by atoms with Gasteiger partial charge in [-0.2, -0.15) is 0 Å². The molecule has 19 heavy (non-hydrogen) atoms. The molecule has 0 spiro atoms. The molecule has 0 radical (unpaired) electrons. The van der Waals surface area contributed by atoms with E-state index in [0.29, 0.717) is 12.0 Å². The van der Waals surface area contributed by atoms with Gasteiger partial charge in [0, 0.05) is 5.56 Å². The molecular formula is C15H17ClO3. The number of esters is 1. The Balaban J connectivity index is 2.26. The molecule has 0 bridgehead atoms. The lowest BCUT2D eigenvalue weighted by Crippen LogP contribution is -2.16. The van der Waals surface area contributed by atoms with Crippen molar-refractivity contribution >= 4 is 17.6 Å². The molecule has 0 saturated heterocycles. The summed E-state index contributed by atoms with van der Waals surface area (Å²) in [5.74, 6) is -0.0323. The Morgan fingerprint density at radius 2 is 2.21 bits per heavy atom. The minimum Gasteiger partial charge on any atom is -0.453 e. The topological polar surface area (TPSA) is 46.5 Å². The first-order valence-corrected chi connectivity index (χ1v) is 7.01. The molecule has 1 aromatic rings. The van der Waals surface area contributed by atoms with Crippen LogP contribution < -0.4 is 0 Å². The van der Waals surface area contributed by atoms with Gasteiger partial charge < -0.3 is 9.84 Å². The van der Waals surface area contributed by atoms with E-state index in [-0.39, 0.29) is 23.4 Å². The average Bonchev–Trinajstić information content (AvgIpc) is 2.79. The van der Waals surface area contributed by atoms with Crippen LogP contribution in [0.5, 0.6) is 0 Å². The zero-order valence-corrected chi connectivity index (χ0v) is 12.0. The highest BCUT2D eigenvalue weighted by Crippen LogP contribution is 2.50. The van der Waals surface area contributed by atoms with Crippen LogP contribution in [0, 0.1) is 12.3 Å². The van der Waals surface area contributed by atoms with Crippen molar-refractivity contribution in [3.8, 4) is 0 Å². The van der Waals surface area contributed by atoms with Crippen molar-refractivity contribution in [1.82, 2.24) is 0 Å². The smallest absolute Gasteiger partial charge is 0.339 e. The monoisotopic (exact) mass is 280 g/mol. The van der Waals surface area contributed by atoms with Gasteiger partial charge >= 0.3 is 5.97 Å². The normalized spacial score (nSPS) is 27.1. The number of fused-ring (bicyclic) bond motifs is 3. The molecule has 0 fully saturated rings. The number of ether oxygens (including phenoxy) is 1. The lowest BCUT2D eigenvalue weighted by atomic mass is 9.87. The molecule has 3 nitrogen and oxygen atoms in total. The molecule has 1 aromatic carbocycles. The lowest BCUT2D eigenvalue weighted by molar-refractivity contribution is 0.0425. The predicted octanol–water partition coefficient (Wildman–Crippen LogP) is 3.06. The molecule has 0 saturated carbocycles. The minimum absolute atomic E-state index is 0.247. The Labute approximate surface area is 117 Å². The molecule has 102 valence electrons. The Morgan fingerprint density at radius 3 is 2.84 bits per heavy atom. The van der Waals surface area contributed by atoms with Crippen molar-refractivity contribution < 1.29 is 14.6 Å². The van der Waals surface area contributed by atoms with E-state index in [2.05, 4.69) is 0 Å². The van der Waals surface area contributed by atoms with Gasteiger partial charge in [-0.05, 0) is 35.4 Å². The second kappa shape index (κ2) is 3.97. The number of carbonyl (C=O) groups excluding carboxylic acids is 1. The Kier molecular flexibility index (Phi) is 2.70. The second-order valence-electron chi connectivity index (χ2n) is 6.17. The molecule has 1 aliphatic carbocycles. The maximum atomic E-state index is 12.1. The van der Waals surface area contributed by atoms with E-state index >= 15 is 0 Å². The van der Waals surface area contributed by atoms with Gasteiger partial charge in [0.05, 0.1) is 17.5 Å². The summed E-state index contributed by atoms with van der Waals surface area (Å²) in [4.78, 5) is 12.1. The van der Waals surface area contributed by atoms with Gasteiger partial charge in [-0.1, -0.05) is 19.9 Å². The van der Waals surface area contributed by atoms with Crippen molar-refractivity contribution in [3.05, 3.63) is 33.9 Å². The van der Waals surface area contributed by atoms with Crippen molar-refractivity contribution in [2.75, 3.05) is 5.88 Å². The number of rotatable bonds is 1. The van der Waals surface area contributed by atoms with E-state index in [9.17, 15) is 9.90 Å². The van der Waals surface area contributed by atoms with Crippen molar-refractivity contribution in [2.24, 2.45) is 5.41 Å². The lowest BCUT2D eigenvalue weighted by Gasteiger charge is -2.22. The van der Waals surface area contributed by atoms with Crippen LogP contribution in [0.2, 0.25) is 0 Å². The average molecular weight is 281 g/mol. The molecule has 0 aromatic heterocycles. The van der Waals surface area contributed by atoms with E-state index in [1.54, 1.807) is 0 Å². The first-order valence-electron chi connectivity index (χ1n) is 6.48. The summed E-state index contributed by atoms with van der Waals surface area (Å²) in [6, 6.07) is 1.98. The van der Waals surface area contributed by atoms with Crippen LogP contribution in [-0.4, -0.2) is 17.0 Å². The zero-order valence-electron chi connectivity index (χ0n) is 11.3. The highest BCUT2D eigenvalue weighted by Gasteiger charge is 2.44. The Morgan fingerprint density at radius 1 is 1.53 bits per heavy atom. The number of hydrogen-bond acceptors (Lipinski definition) is 3. The minimum atomic E-state index is -0.533. The number of cyclic esters (lactones) is 1. The molecule has 2 aliphatic rings. The number of halogens is 1. The van der Waals surface area contributed by atoms with Gasteiger partial charge in [0.25, 0.3) is 0 Å². The van der Waals surface area contributed by atoms with Crippen LogP contribution in [0.1, 0.15) is 58.7 Å². The van der Waals surface area contributed by atoms with Crippen LogP contribution in [0.4, 0.5) is 0 Å². The summed E-state index contributed by atoms with van der Waals surface area (Å²) in [5.41, 5.74) is 4.09. The molecule has 3 rings (SSSR count). The number of hydrogen-bond donors (Lipinski definition) is 1. The summed E-state index contributed by atoms with van der Waals surface area (Å²) >= 11 is 5.88. The number of carbonyl (C=O) groups is 1. The van der Waals surface area contributed by atoms with Gasteiger partial charge in [0.15, 0.2) is 0 Å². The highest BCUT2D eigenvalue weighted by atomic mass is 35.5. The maximum Gasteiger partial charge on any atom is 0.339 e. The summed E-state index contributed by atoms with van der Waals surface area (Å²) in [7, 11) is 0. The van der Waals surface area contributed by atoms with E-state index in [1.807, 2.05) is 26.8 Å². The largest absolute Gasteiger partial charge is 0.453 e. The number of aliphatic hydroxyl groups excluding tert-OH is 1. The van der Waals surface area contributed by atoms with Crippen molar-refractivity contribution in [3.63, 3.8) is 0 Å². The third-order valence-electron chi connectivity index (χ3n) is 4.30. The second-order valence-corrected chi connectivity index (χ2v) is 6.47. The molecule has 2 atom stereocenters. The number of alkyl halides is 1. The number of aryl methyl sites for hydroxylation is 1. The molecule has 1 aliphatic heterocycles. The summed E-state index contributed by atoms with van der Waals surface area (Å²) in [6.07, 6.45) is -0.194. The van der Waals surface area contributed by atoms with E-state index in [4.69, 9.17) is 16.3 Å². The van der Waals surface area contributed by atoms with Gasteiger partial charge in [-0.3, -0.25) is 0 Å². The van der Waals surface area contributed by atoms with E-state index < -0.39 is 6.10 Å². The van der Waals surface area contributed by atoms with Crippen LogP contribution in [0.25, 0.3) is 0 Å². The molecule has 1 heterocycles. The Bertz CT molecular complexity index is 577. The summed E-state index contributed by atoms with van der Waals surface area (Å²) in [5, 5.41) is 10.4. The molecule has 0 unspecified atom stereocenters. The van der Waals surface area contributed by atoms with Gasteiger partial charge in [-0.15, -0.1) is 11.6 Å². The maximum absolute atomic E-state index is 12.1. The predicted molar refractivity (Wildman–Crippen MR) is 72.5 cm³/mol. The standard InChI is InChI=1S/C15H17ClO3/c1-7-4-8-9(5-15(2,3)13(8)17)12-11(7)10(6-16)19-14(12)18/h4,10,13,17H,5-6H2,1-3H3/t10-,13-/m1/s1. The van der Waals surface area contributed by atoms with Crippen LogP contribution in [-0.2, 0) is 11.2 Å². The fourth-order valence-corrected chi connectivity index (χ4v) is 3.53. The quantitative estimate of drug-likeness (QED) is 0.635. The van der Waals surface area contributed by atoms with Crippen molar-refractivity contribution in [1.29, 1.82) is 0 Å². The van der Waals surface area contributed by atoms with Gasteiger partial charge in [0.2, 0.25) is 0 Å². The Hall–Kier alpha value is -1.06.